The molecule has 7 heteroatoms. The number of halogens is 1. The Morgan fingerprint density at radius 3 is 2.50 bits per heavy atom. The van der Waals surface area contributed by atoms with E-state index >= 15 is 0 Å². The highest BCUT2D eigenvalue weighted by Crippen LogP contribution is 2.08. The van der Waals surface area contributed by atoms with Crippen molar-refractivity contribution < 1.29 is 18.7 Å². The third kappa shape index (κ3) is 6.05. The molecule has 20 heavy (non-hydrogen) atoms. The molecule has 0 saturated carbocycles. The molecule has 0 heterocycles. The van der Waals surface area contributed by atoms with E-state index in [-0.39, 0.29) is 24.8 Å². The second-order valence-corrected chi connectivity index (χ2v) is 4.05. The summed E-state index contributed by atoms with van der Waals surface area (Å²) >= 11 is 0. The lowest BCUT2D eigenvalue weighted by Crippen LogP contribution is -2.24. The zero-order valence-electron chi connectivity index (χ0n) is 11.3. The number of nitrogens with zero attached hydrogens (tertiary/aromatic N) is 1. The van der Waals surface area contributed by atoms with Gasteiger partial charge in [0, 0.05) is 18.5 Å². The molecule has 0 fully saturated rings. The van der Waals surface area contributed by atoms with Crippen LogP contribution in [0.4, 0.5) is 10.1 Å². The second-order valence-electron chi connectivity index (χ2n) is 4.05. The highest BCUT2D eigenvalue weighted by Gasteiger charge is 2.05. The topological polar surface area (TPSA) is 79.8 Å². The minimum absolute atomic E-state index is 0.0185. The standard InChI is InChI=1S/C13H16FN3O3/c1-9(16-17-13(19)8-20-2)7-12(18)15-11-5-3-10(14)4-6-11/h3-6H,7-8H2,1-2H3,(H,15,18)(H,17,19)/b16-9-. The number of nitrogens with one attached hydrogen (secondary N) is 2. The number of ether oxygens (including phenoxy) is 1. The molecule has 0 aliphatic heterocycles. The zero-order valence-corrected chi connectivity index (χ0v) is 11.3. The predicted octanol–water partition coefficient (Wildman–Crippen LogP) is 1.29. The SMILES string of the molecule is COCC(=O)N/N=C(/C)CC(=O)Nc1ccc(F)cc1. The lowest BCUT2D eigenvalue weighted by molar-refractivity contribution is -0.124. The molecule has 1 rings (SSSR count). The summed E-state index contributed by atoms with van der Waals surface area (Å²) in [6.07, 6.45) is 0.0185. The Hall–Kier alpha value is -2.28. The third-order valence-corrected chi connectivity index (χ3v) is 2.19. The van der Waals surface area contributed by atoms with E-state index in [9.17, 15) is 14.0 Å². The van der Waals surface area contributed by atoms with Crippen LogP contribution in [0.1, 0.15) is 13.3 Å². The largest absolute Gasteiger partial charge is 0.375 e. The van der Waals surface area contributed by atoms with Crippen LogP contribution in [0.5, 0.6) is 0 Å². The molecule has 0 bridgehead atoms. The third-order valence-electron chi connectivity index (χ3n) is 2.19. The first kappa shape index (κ1) is 15.8. The summed E-state index contributed by atoms with van der Waals surface area (Å²) in [5, 5.41) is 6.34. The van der Waals surface area contributed by atoms with Crippen LogP contribution >= 0.6 is 0 Å². The Balaban J connectivity index is 2.43. The summed E-state index contributed by atoms with van der Waals surface area (Å²) in [4.78, 5) is 22.7. The molecule has 2 amide bonds. The molecule has 108 valence electrons. The van der Waals surface area contributed by atoms with Gasteiger partial charge in [-0.1, -0.05) is 0 Å². The maximum Gasteiger partial charge on any atom is 0.266 e. The highest BCUT2D eigenvalue weighted by molar-refractivity contribution is 6.05. The average Bonchev–Trinajstić information content (AvgIpc) is 2.39. The van der Waals surface area contributed by atoms with Crippen LogP contribution in [0.25, 0.3) is 0 Å². The number of amides is 2. The van der Waals surface area contributed by atoms with Gasteiger partial charge >= 0.3 is 0 Å². The van der Waals surface area contributed by atoms with Gasteiger partial charge in [0.25, 0.3) is 5.91 Å². The molecule has 0 atom stereocenters. The van der Waals surface area contributed by atoms with E-state index in [1.165, 1.54) is 31.4 Å². The Kier molecular flexibility index (Phi) is 6.31. The van der Waals surface area contributed by atoms with Crippen molar-refractivity contribution in [1.82, 2.24) is 5.43 Å². The van der Waals surface area contributed by atoms with Crippen molar-refractivity contribution in [3.05, 3.63) is 30.1 Å². The molecule has 0 unspecified atom stereocenters. The Bertz CT molecular complexity index is 500. The van der Waals surface area contributed by atoms with E-state index in [1.54, 1.807) is 6.92 Å². The van der Waals surface area contributed by atoms with Crippen LogP contribution < -0.4 is 10.7 Å². The maximum absolute atomic E-state index is 12.7. The molecule has 0 aliphatic rings. The van der Waals surface area contributed by atoms with Crippen LogP contribution in [-0.4, -0.2) is 31.2 Å². The van der Waals surface area contributed by atoms with E-state index in [2.05, 4.69) is 20.6 Å². The first-order chi connectivity index (χ1) is 9.51. The predicted molar refractivity (Wildman–Crippen MR) is 72.8 cm³/mol. The Morgan fingerprint density at radius 2 is 1.90 bits per heavy atom. The number of methoxy groups -OCH3 is 1. The fourth-order valence-corrected chi connectivity index (χ4v) is 1.33. The van der Waals surface area contributed by atoms with Crippen LogP contribution in [0.2, 0.25) is 0 Å². The number of rotatable bonds is 6. The van der Waals surface area contributed by atoms with Crippen LogP contribution in [-0.2, 0) is 14.3 Å². The lowest BCUT2D eigenvalue weighted by atomic mass is 10.2. The Morgan fingerprint density at radius 1 is 1.25 bits per heavy atom. The number of hydrogen-bond donors (Lipinski definition) is 2. The van der Waals surface area contributed by atoms with E-state index in [0.29, 0.717) is 11.4 Å². The summed E-state index contributed by atoms with van der Waals surface area (Å²) in [7, 11) is 1.40. The van der Waals surface area contributed by atoms with Gasteiger partial charge in [0.15, 0.2) is 0 Å². The molecular formula is C13H16FN3O3. The molecule has 6 nitrogen and oxygen atoms in total. The van der Waals surface area contributed by atoms with Gasteiger partial charge in [-0.05, 0) is 31.2 Å². The number of carbonyl (C=O) groups is 2. The summed E-state index contributed by atoms with van der Waals surface area (Å²) in [6.45, 7) is 1.51. The van der Waals surface area contributed by atoms with Gasteiger partial charge in [0.2, 0.25) is 5.91 Å². The van der Waals surface area contributed by atoms with Crippen molar-refractivity contribution in [2.75, 3.05) is 19.0 Å². The minimum Gasteiger partial charge on any atom is -0.375 e. The van der Waals surface area contributed by atoms with Crippen LogP contribution in [0.15, 0.2) is 29.4 Å². The smallest absolute Gasteiger partial charge is 0.266 e. The normalized spacial score (nSPS) is 11.1. The van der Waals surface area contributed by atoms with Gasteiger partial charge in [-0.3, -0.25) is 9.59 Å². The second kappa shape index (κ2) is 8.00. The average molecular weight is 281 g/mol. The van der Waals surface area contributed by atoms with Crippen molar-refractivity contribution in [3.63, 3.8) is 0 Å². The monoisotopic (exact) mass is 281 g/mol. The lowest BCUT2D eigenvalue weighted by Gasteiger charge is -2.05. The number of hydrazone groups is 1. The number of anilines is 1. The molecule has 0 aromatic heterocycles. The quantitative estimate of drug-likeness (QED) is 0.609. The minimum atomic E-state index is -0.397. The number of carbonyl (C=O) groups excluding carboxylic acids is 2. The van der Waals surface area contributed by atoms with Crippen LogP contribution in [0.3, 0.4) is 0 Å². The van der Waals surface area contributed by atoms with Crippen molar-refractivity contribution in [2.45, 2.75) is 13.3 Å². The molecule has 0 spiro atoms. The van der Waals surface area contributed by atoms with E-state index < -0.39 is 5.91 Å². The van der Waals surface area contributed by atoms with Crippen molar-refractivity contribution in [1.29, 1.82) is 0 Å². The van der Waals surface area contributed by atoms with Gasteiger partial charge < -0.3 is 10.1 Å². The number of hydrogen-bond acceptors (Lipinski definition) is 4. The Labute approximate surface area is 116 Å². The molecule has 2 N–H and O–H groups in total. The van der Waals surface area contributed by atoms with Crippen LogP contribution in [0, 0.1) is 5.82 Å². The first-order valence-corrected chi connectivity index (χ1v) is 5.87. The molecule has 1 aromatic carbocycles. The summed E-state index contributed by atoms with van der Waals surface area (Å²) < 4.78 is 17.3. The summed E-state index contributed by atoms with van der Waals surface area (Å²) in [5.41, 5.74) is 3.19. The summed E-state index contributed by atoms with van der Waals surface area (Å²) in [6, 6.07) is 5.42. The molecule has 1 aromatic rings. The van der Waals surface area contributed by atoms with Gasteiger partial charge in [-0.25, -0.2) is 9.82 Å². The van der Waals surface area contributed by atoms with Gasteiger partial charge in [-0.2, -0.15) is 5.10 Å². The van der Waals surface area contributed by atoms with E-state index in [4.69, 9.17) is 0 Å². The maximum atomic E-state index is 12.7. The first-order valence-electron chi connectivity index (χ1n) is 5.87. The van der Waals surface area contributed by atoms with Crippen molar-refractivity contribution >= 4 is 23.2 Å². The van der Waals surface area contributed by atoms with Crippen molar-refractivity contribution in [2.24, 2.45) is 5.10 Å². The number of benzene rings is 1. The van der Waals surface area contributed by atoms with Gasteiger partial charge in [0.05, 0.1) is 6.42 Å². The molecule has 0 aliphatic carbocycles. The molecule has 0 saturated heterocycles. The summed E-state index contributed by atoms with van der Waals surface area (Å²) in [5.74, 6) is -1.08. The highest BCUT2D eigenvalue weighted by atomic mass is 19.1. The van der Waals surface area contributed by atoms with Crippen molar-refractivity contribution in [3.8, 4) is 0 Å². The van der Waals surface area contributed by atoms with E-state index in [1.807, 2.05) is 0 Å². The fourth-order valence-electron chi connectivity index (χ4n) is 1.33. The van der Waals surface area contributed by atoms with E-state index in [0.717, 1.165) is 0 Å². The molecular weight excluding hydrogens is 265 g/mol. The molecule has 0 radical (unpaired) electrons. The fraction of sp³-hybridized carbons (Fsp3) is 0.308. The van der Waals surface area contributed by atoms with Gasteiger partial charge in [-0.15, -0.1) is 0 Å². The van der Waals surface area contributed by atoms with Gasteiger partial charge in [0.1, 0.15) is 12.4 Å². The zero-order chi connectivity index (χ0) is 15.0.